The summed E-state index contributed by atoms with van der Waals surface area (Å²) >= 11 is 0. The molecule has 0 bridgehead atoms. The first-order valence-corrected chi connectivity index (χ1v) is 27.5. The van der Waals surface area contributed by atoms with Gasteiger partial charge in [-0.15, -0.1) is 0 Å². The zero-order valence-electron chi connectivity index (χ0n) is 42.8. The molecule has 0 aliphatic carbocycles. The van der Waals surface area contributed by atoms with E-state index in [0.717, 1.165) is 56.4 Å². The number of benzene rings is 15. The van der Waals surface area contributed by atoms with Gasteiger partial charge in [0.15, 0.2) is 0 Å². The Balaban J connectivity index is 1.05. The molecule has 2 aliphatic rings. The van der Waals surface area contributed by atoms with Gasteiger partial charge in [0.2, 0.25) is 0 Å². The summed E-state index contributed by atoms with van der Waals surface area (Å²) in [5.41, 5.74) is 17.1. The second kappa shape index (κ2) is 16.1. The number of rotatable bonds is 5. The van der Waals surface area contributed by atoms with Crippen molar-refractivity contribution >= 4 is 143 Å². The number of anilines is 6. The molecule has 362 valence electrons. The molecule has 79 heavy (non-hydrogen) atoms. The minimum atomic E-state index is -0.164. The zero-order chi connectivity index (χ0) is 51.4. The topological polar surface area (TPSA) is 19.4 Å². The van der Waals surface area contributed by atoms with Crippen molar-refractivity contribution in [3.8, 4) is 33.6 Å². The molecule has 0 saturated carbocycles. The van der Waals surface area contributed by atoms with E-state index in [4.69, 9.17) is 4.98 Å². The normalized spacial score (nSPS) is 13.0. The fraction of sp³-hybridized carbons (Fsp3) is 0. The number of para-hydroxylation sites is 2. The van der Waals surface area contributed by atoms with E-state index in [-0.39, 0.29) is 6.71 Å². The predicted molar refractivity (Wildman–Crippen MR) is 337 cm³/mol. The monoisotopic (exact) mass is 997 g/mol. The van der Waals surface area contributed by atoms with E-state index in [0.29, 0.717) is 0 Å². The third kappa shape index (κ3) is 5.95. The summed E-state index contributed by atoms with van der Waals surface area (Å²) in [5, 5.41) is 20.5. The van der Waals surface area contributed by atoms with Gasteiger partial charge in [0, 0.05) is 56.0 Å². The van der Waals surface area contributed by atoms with Crippen LogP contribution in [0.3, 0.4) is 0 Å². The Morgan fingerprint density at radius 3 is 1.03 bits per heavy atom. The number of hydrogen-bond acceptors (Lipinski definition) is 3. The van der Waals surface area contributed by atoms with Crippen molar-refractivity contribution < 1.29 is 0 Å². The van der Waals surface area contributed by atoms with Crippen molar-refractivity contribution in [3.05, 3.63) is 267 Å². The Morgan fingerprint density at radius 2 is 0.608 bits per heavy atom. The molecule has 15 aromatic carbocycles. The highest BCUT2D eigenvalue weighted by molar-refractivity contribution is 7.01. The van der Waals surface area contributed by atoms with Crippen LogP contribution in [0.15, 0.2) is 267 Å². The molecule has 4 heteroatoms. The van der Waals surface area contributed by atoms with Crippen LogP contribution in [0.1, 0.15) is 0 Å². The Hall–Kier alpha value is -10.3. The van der Waals surface area contributed by atoms with Crippen LogP contribution >= 0.6 is 0 Å². The van der Waals surface area contributed by atoms with E-state index < -0.39 is 0 Å². The smallest absolute Gasteiger partial charge is 0.252 e. The Morgan fingerprint density at radius 1 is 0.266 bits per heavy atom. The van der Waals surface area contributed by atoms with E-state index >= 15 is 0 Å². The lowest BCUT2D eigenvalue weighted by molar-refractivity contribution is 1.27. The molecule has 0 saturated heterocycles. The highest BCUT2D eigenvalue weighted by atomic mass is 15.2. The summed E-state index contributed by atoms with van der Waals surface area (Å²) in [6, 6.07) is 99.9. The molecule has 0 atom stereocenters. The van der Waals surface area contributed by atoms with Crippen molar-refractivity contribution in [2.24, 2.45) is 0 Å². The van der Waals surface area contributed by atoms with Crippen LogP contribution in [0.25, 0.3) is 120 Å². The van der Waals surface area contributed by atoms with Gasteiger partial charge in [0.05, 0.1) is 11.4 Å². The van der Waals surface area contributed by atoms with Gasteiger partial charge in [-0.2, -0.15) is 0 Å². The van der Waals surface area contributed by atoms with Crippen LogP contribution in [-0.4, -0.2) is 11.7 Å². The fourth-order valence-electron chi connectivity index (χ4n) is 14.5. The Labute approximate surface area is 456 Å². The van der Waals surface area contributed by atoms with E-state index in [2.05, 4.69) is 277 Å². The van der Waals surface area contributed by atoms with Gasteiger partial charge in [-0.05, 0) is 151 Å². The van der Waals surface area contributed by atoms with Crippen LogP contribution in [0, 0.1) is 0 Å². The standard InChI is InChI=1S/C75H44BN3/c1-5-19-45(20-6-1)65-39-49(40-66(77-65)46-21-7-2-8-22-46)50-41-67-73-68(42-50)79(52-29-11-4-12-30-52)75-60-38-18-36-56-54-32-14-24-48-26-16-34-58(70(48)54)62(72(56)60)44-64(75)76(73)63-43-61-57-33-15-25-47-23-13-31-53(69(47)57)55-35-17-37-59(71(55)61)74(63)78(67)51-27-9-3-10-28-51/h1-44H. The van der Waals surface area contributed by atoms with Crippen LogP contribution < -0.4 is 26.2 Å². The van der Waals surface area contributed by atoms with Crippen molar-refractivity contribution in [3.63, 3.8) is 0 Å². The lowest BCUT2D eigenvalue weighted by Crippen LogP contribution is -2.61. The van der Waals surface area contributed by atoms with Crippen molar-refractivity contribution in [1.29, 1.82) is 0 Å². The Bertz CT molecular complexity index is 4870. The molecule has 16 aromatic rings. The molecular formula is C75H44BN3. The Kier molecular flexibility index (Phi) is 8.75. The van der Waals surface area contributed by atoms with Crippen molar-refractivity contribution in [2.75, 3.05) is 9.80 Å². The maximum Gasteiger partial charge on any atom is 0.252 e. The third-order valence-corrected chi connectivity index (χ3v) is 17.6. The minimum absolute atomic E-state index is 0.164. The number of fused-ring (bicyclic) bond motifs is 10. The van der Waals surface area contributed by atoms with E-state index in [1.165, 1.54) is 114 Å². The van der Waals surface area contributed by atoms with Gasteiger partial charge >= 0.3 is 0 Å². The third-order valence-electron chi connectivity index (χ3n) is 17.6. The first-order chi connectivity index (χ1) is 39.2. The summed E-state index contributed by atoms with van der Waals surface area (Å²) < 4.78 is 0. The molecule has 1 aromatic heterocycles. The first-order valence-electron chi connectivity index (χ1n) is 27.5. The number of nitrogens with zero attached hydrogens (tertiary/aromatic N) is 3. The molecule has 3 heterocycles. The molecule has 0 unspecified atom stereocenters. The summed E-state index contributed by atoms with van der Waals surface area (Å²) in [7, 11) is 0. The maximum atomic E-state index is 5.40. The second-order valence-corrected chi connectivity index (χ2v) is 21.7. The molecule has 2 aliphatic heterocycles. The molecular weight excluding hydrogens is 954 g/mol. The highest BCUT2D eigenvalue weighted by Crippen LogP contribution is 2.53. The summed E-state index contributed by atoms with van der Waals surface area (Å²) in [6.07, 6.45) is 0. The largest absolute Gasteiger partial charge is 0.311 e. The van der Waals surface area contributed by atoms with E-state index in [1.807, 2.05) is 0 Å². The average Bonchev–Trinajstić information content (AvgIpc) is 3.69. The van der Waals surface area contributed by atoms with Gasteiger partial charge in [-0.3, -0.25) is 0 Å². The van der Waals surface area contributed by atoms with E-state index in [1.54, 1.807) is 0 Å². The lowest BCUT2D eigenvalue weighted by atomic mass is 9.33. The molecule has 3 nitrogen and oxygen atoms in total. The minimum Gasteiger partial charge on any atom is -0.311 e. The number of pyridine rings is 1. The summed E-state index contributed by atoms with van der Waals surface area (Å²) in [6.45, 7) is -0.164. The number of hydrogen-bond donors (Lipinski definition) is 0. The maximum absolute atomic E-state index is 5.40. The van der Waals surface area contributed by atoms with Gasteiger partial charge in [0.25, 0.3) is 6.71 Å². The lowest BCUT2D eigenvalue weighted by Gasteiger charge is -2.45. The molecule has 0 spiro atoms. The molecule has 0 radical (unpaired) electrons. The van der Waals surface area contributed by atoms with Gasteiger partial charge in [-0.25, -0.2) is 4.98 Å². The SMILES string of the molecule is c1ccc(-c2cc(-c3cc4c5c(c3)N(c3ccccc3)c3c(cc6c7cccc8cccc(c9cccc3c96)c87)B5c3cc5c6cccc7cccc(c8cccc(c3N4c3ccccc3)c85)c76)cc(-c3ccccc3)n2)cc1. The number of aromatic nitrogens is 1. The van der Waals surface area contributed by atoms with Gasteiger partial charge in [0.1, 0.15) is 0 Å². The van der Waals surface area contributed by atoms with Crippen LogP contribution in [0.4, 0.5) is 34.1 Å². The van der Waals surface area contributed by atoms with Gasteiger partial charge < -0.3 is 9.80 Å². The zero-order valence-corrected chi connectivity index (χ0v) is 42.8. The summed E-state index contributed by atoms with van der Waals surface area (Å²) in [5.74, 6) is 0. The predicted octanol–water partition coefficient (Wildman–Crippen LogP) is 18.3. The molecule has 0 amide bonds. The fourth-order valence-corrected chi connectivity index (χ4v) is 14.5. The van der Waals surface area contributed by atoms with Crippen molar-refractivity contribution in [2.45, 2.75) is 0 Å². The van der Waals surface area contributed by atoms with Crippen LogP contribution in [-0.2, 0) is 0 Å². The molecule has 0 N–H and O–H groups in total. The quantitative estimate of drug-likeness (QED) is 0.0973. The van der Waals surface area contributed by atoms with Crippen LogP contribution in [0.2, 0.25) is 0 Å². The van der Waals surface area contributed by atoms with Gasteiger partial charge in [-0.1, -0.05) is 218 Å². The van der Waals surface area contributed by atoms with E-state index in [9.17, 15) is 0 Å². The average molecular weight is 998 g/mol. The highest BCUT2D eigenvalue weighted by Gasteiger charge is 2.46. The first kappa shape index (κ1) is 42.9. The van der Waals surface area contributed by atoms with Crippen LogP contribution in [0.5, 0.6) is 0 Å². The molecule has 18 rings (SSSR count). The van der Waals surface area contributed by atoms with Crippen molar-refractivity contribution in [1.82, 2.24) is 4.98 Å². The molecule has 0 fully saturated rings. The summed E-state index contributed by atoms with van der Waals surface area (Å²) in [4.78, 5) is 10.6. The second-order valence-electron chi connectivity index (χ2n) is 21.7.